The number of amides is 2. The summed E-state index contributed by atoms with van der Waals surface area (Å²) in [4.78, 5) is 31.5. The summed E-state index contributed by atoms with van der Waals surface area (Å²) in [7, 11) is 0. The highest BCUT2D eigenvalue weighted by Gasteiger charge is 2.38. The minimum Gasteiger partial charge on any atom is -0.350 e. The smallest absolute Gasteiger partial charge is 0.243 e. The van der Waals surface area contributed by atoms with Crippen molar-refractivity contribution in [1.29, 1.82) is 0 Å². The number of nitrogens with zero attached hydrogens (tertiary/aromatic N) is 2. The summed E-state index contributed by atoms with van der Waals surface area (Å²) in [6.45, 7) is 6.52. The highest BCUT2D eigenvalue weighted by Crippen LogP contribution is 2.27. The molecule has 2 atom stereocenters. The maximum Gasteiger partial charge on any atom is 0.243 e. The number of likely N-dealkylation sites (tertiary alicyclic amines) is 1. The number of allylic oxidation sites excluding steroid dienone is 2. The quantitative estimate of drug-likeness (QED) is 0.538. The van der Waals surface area contributed by atoms with Gasteiger partial charge in [-0.3, -0.25) is 14.6 Å². The van der Waals surface area contributed by atoms with E-state index in [2.05, 4.69) is 34.7 Å². The minimum absolute atomic E-state index is 0.0358. The van der Waals surface area contributed by atoms with E-state index in [0.717, 1.165) is 30.5 Å². The van der Waals surface area contributed by atoms with Crippen LogP contribution in [0.5, 0.6) is 0 Å². The molecule has 0 radical (unpaired) electrons. The van der Waals surface area contributed by atoms with Crippen molar-refractivity contribution >= 4 is 23.6 Å². The zero-order valence-electron chi connectivity index (χ0n) is 18.0. The fourth-order valence-corrected chi connectivity index (χ4v) is 4.10. The van der Waals surface area contributed by atoms with Crippen LogP contribution in [0.1, 0.15) is 44.2 Å². The molecule has 2 aliphatic rings. The summed E-state index contributed by atoms with van der Waals surface area (Å²) >= 11 is 0. The van der Waals surface area contributed by atoms with Crippen LogP contribution >= 0.6 is 0 Å². The topological polar surface area (TPSA) is 99.8 Å². The average Bonchev–Trinajstić information content (AvgIpc) is 3.39. The first-order valence-corrected chi connectivity index (χ1v) is 10.8. The second-order valence-electron chi connectivity index (χ2n) is 8.03. The number of hydrogen-bond donors (Lipinski definition) is 3. The van der Waals surface area contributed by atoms with Crippen LogP contribution in [0.15, 0.2) is 35.0 Å². The number of nitrogens with one attached hydrogen (secondary N) is 2. The van der Waals surface area contributed by atoms with Crippen molar-refractivity contribution in [2.75, 3.05) is 26.2 Å². The molecule has 0 spiro atoms. The Hall–Kier alpha value is -2.51. The van der Waals surface area contributed by atoms with E-state index in [0.29, 0.717) is 32.1 Å². The molecule has 1 fully saturated rings. The molecule has 0 saturated carbocycles. The average molecular weight is 412 g/mol. The molecule has 1 aromatic carbocycles. The molecule has 4 N–H and O–H groups in total. The van der Waals surface area contributed by atoms with Gasteiger partial charge in [-0.05, 0) is 36.0 Å². The lowest BCUT2D eigenvalue weighted by atomic mass is 10.0. The summed E-state index contributed by atoms with van der Waals surface area (Å²) in [6.07, 6.45) is 4.48. The Morgan fingerprint density at radius 3 is 2.67 bits per heavy atom. The maximum atomic E-state index is 12.9. The van der Waals surface area contributed by atoms with Gasteiger partial charge in [-0.15, -0.1) is 0 Å². The van der Waals surface area contributed by atoms with E-state index in [1.54, 1.807) is 4.90 Å². The van der Waals surface area contributed by atoms with Gasteiger partial charge in [0.15, 0.2) is 0 Å². The first-order valence-electron chi connectivity index (χ1n) is 10.8. The first-order chi connectivity index (χ1) is 14.5. The van der Waals surface area contributed by atoms with E-state index in [-0.39, 0.29) is 18.4 Å². The van der Waals surface area contributed by atoms with Crippen LogP contribution in [-0.2, 0) is 16.1 Å². The SMILES string of the molecule is CC[C@@H]1C[C@@H](C(=O)NCc2ccc(C3=C(C)N=CC3)cc2)N(C(=O)CNCCN)C1. The van der Waals surface area contributed by atoms with Gasteiger partial charge in [-0.25, -0.2) is 0 Å². The van der Waals surface area contributed by atoms with Crippen molar-refractivity contribution in [1.82, 2.24) is 15.5 Å². The fraction of sp³-hybridized carbons (Fsp3) is 0.522. The lowest BCUT2D eigenvalue weighted by molar-refractivity contribution is -0.137. The van der Waals surface area contributed by atoms with E-state index in [9.17, 15) is 9.59 Å². The van der Waals surface area contributed by atoms with Crippen LogP contribution in [0.3, 0.4) is 0 Å². The van der Waals surface area contributed by atoms with Crippen LogP contribution in [0.2, 0.25) is 0 Å². The Morgan fingerprint density at radius 1 is 1.27 bits per heavy atom. The second kappa shape index (κ2) is 10.5. The van der Waals surface area contributed by atoms with E-state index in [1.807, 2.05) is 25.3 Å². The van der Waals surface area contributed by atoms with Gasteiger partial charge in [-0.1, -0.05) is 37.6 Å². The molecule has 1 saturated heterocycles. The van der Waals surface area contributed by atoms with Crippen LogP contribution in [0, 0.1) is 5.92 Å². The number of nitrogens with two attached hydrogens (primary N) is 1. The van der Waals surface area contributed by atoms with Crippen molar-refractivity contribution in [2.45, 2.75) is 45.7 Å². The minimum atomic E-state index is -0.398. The number of hydrogen-bond acceptors (Lipinski definition) is 5. The Balaban J connectivity index is 1.57. The molecule has 30 heavy (non-hydrogen) atoms. The lowest BCUT2D eigenvalue weighted by Gasteiger charge is -2.24. The number of carbonyl (C=O) groups is 2. The molecule has 7 heteroatoms. The van der Waals surface area contributed by atoms with Crippen LogP contribution < -0.4 is 16.4 Å². The van der Waals surface area contributed by atoms with Gasteiger partial charge in [0.25, 0.3) is 0 Å². The highest BCUT2D eigenvalue weighted by molar-refractivity contribution is 5.89. The maximum absolute atomic E-state index is 12.9. The van der Waals surface area contributed by atoms with Crippen molar-refractivity contribution in [2.24, 2.45) is 16.6 Å². The molecule has 162 valence electrons. The summed E-state index contributed by atoms with van der Waals surface area (Å²) in [5.74, 6) is 0.250. The summed E-state index contributed by atoms with van der Waals surface area (Å²) in [5, 5.41) is 6.06. The first kappa shape index (κ1) is 22.2. The van der Waals surface area contributed by atoms with Gasteiger partial charge in [0.05, 0.1) is 6.54 Å². The molecule has 1 aromatic rings. The van der Waals surface area contributed by atoms with Crippen LogP contribution in [0.25, 0.3) is 5.57 Å². The van der Waals surface area contributed by atoms with Crippen LogP contribution in [-0.4, -0.2) is 55.1 Å². The number of aliphatic imine (C=N–C) groups is 1. The summed E-state index contributed by atoms with van der Waals surface area (Å²) in [6, 6.07) is 7.84. The molecule has 0 bridgehead atoms. The van der Waals surface area contributed by atoms with Crippen molar-refractivity contribution < 1.29 is 9.59 Å². The second-order valence-corrected chi connectivity index (χ2v) is 8.03. The normalized spacial score (nSPS) is 20.8. The van der Waals surface area contributed by atoms with E-state index < -0.39 is 6.04 Å². The lowest BCUT2D eigenvalue weighted by Crippen LogP contribution is -2.48. The largest absolute Gasteiger partial charge is 0.350 e. The zero-order chi connectivity index (χ0) is 21.5. The fourth-order valence-electron chi connectivity index (χ4n) is 4.10. The standard InChI is InChI=1S/C23H33N5O2/c1-3-17-12-21(28(15-17)22(29)14-25-11-9-24)23(30)27-13-18-4-6-19(7-5-18)20-8-10-26-16(20)2/h4-7,10,17,21,25H,3,8-9,11-15,24H2,1-2H3,(H,27,30)/t17-,21+/m1/s1. The molecular formula is C23H33N5O2. The zero-order valence-corrected chi connectivity index (χ0v) is 18.0. The van der Waals surface area contributed by atoms with Crippen LogP contribution in [0.4, 0.5) is 0 Å². The highest BCUT2D eigenvalue weighted by atomic mass is 16.2. The van der Waals surface area contributed by atoms with Gasteiger partial charge >= 0.3 is 0 Å². The Kier molecular flexibility index (Phi) is 7.76. The molecule has 7 nitrogen and oxygen atoms in total. The third kappa shape index (κ3) is 5.34. The number of carbonyl (C=O) groups excluding carboxylic acids is 2. The summed E-state index contributed by atoms with van der Waals surface area (Å²) in [5.41, 5.74) is 9.99. The Morgan fingerprint density at radius 2 is 2.03 bits per heavy atom. The van der Waals surface area contributed by atoms with Gasteiger partial charge in [-0.2, -0.15) is 0 Å². The predicted molar refractivity (Wildman–Crippen MR) is 120 cm³/mol. The number of rotatable bonds is 9. The van der Waals surface area contributed by atoms with Crippen molar-refractivity contribution in [3.63, 3.8) is 0 Å². The molecule has 2 amide bonds. The molecular weight excluding hydrogens is 378 g/mol. The molecule has 2 aliphatic heterocycles. The monoisotopic (exact) mass is 411 g/mol. The third-order valence-electron chi connectivity index (χ3n) is 5.97. The predicted octanol–water partition coefficient (Wildman–Crippen LogP) is 1.68. The Bertz CT molecular complexity index is 815. The Labute approximate surface area is 178 Å². The molecule has 0 unspecified atom stereocenters. The molecule has 2 heterocycles. The van der Waals surface area contributed by atoms with E-state index in [1.165, 1.54) is 11.1 Å². The summed E-state index contributed by atoms with van der Waals surface area (Å²) < 4.78 is 0. The molecule has 0 aromatic heterocycles. The van der Waals surface area contributed by atoms with Gasteiger partial charge in [0, 0.05) is 44.5 Å². The van der Waals surface area contributed by atoms with E-state index >= 15 is 0 Å². The number of benzene rings is 1. The van der Waals surface area contributed by atoms with Gasteiger partial charge in [0.2, 0.25) is 11.8 Å². The van der Waals surface area contributed by atoms with Crippen molar-refractivity contribution in [3.05, 3.63) is 41.1 Å². The van der Waals surface area contributed by atoms with E-state index in [4.69, 9.17) is 5.73 Å². The molecule has 3 rings (SSSR count). The van der Waals surface area contributed by atoms with Gasteiger partial charge < -0.3 is 21.3 Å². The molecule has 0 aliphatic carbocycles. The third-order valence-corrected chi connectivity index (χ3v) is 5.97. The van der Waals surface area contributed by atoms with Crippen molar-refractivity contribution in [3.8, 4) is 0 Å². The van der Waals surface area contributed by atoms with Gasteiger partial charge in [0.1, 0.15) is 6.04 Å².